The Bertz CT molecular complexity index is 1090. The van der Waals surface area contributed by atoms with Crippen LogP contribution in [0.4, 0.5) is 5.82 Å². The van der Waals surface area contributed by atoms with Crippen molar-refractivity contribution in [3.05, 3.63) is 84.1 Å². The molecule has 1 fully saturated rings. The number of rotatable bonds is 8. The van der Waals surface area contributed by atoms with Crippen LogP contribution in [0.25, 0.3) is 0 Å². The molecule has 0 unspecified atom stereocenters. The molecule has 4 rings (SSSR count). The molecule has 0 aliphatic carbocycles. The summed E-state index contributed by atoms with van der Waals surface area (Å²) in [5.74, 6) is 1.66. The van der Waals surface area contributed by atoms with E-state index in [1.165, 1.54) is 0 Å². The Morgan fingerprint density at radius 2 is 1.65 bits per heavy atom. The van der Waals surface area contributed by atoms with E-state index in [-0.39, 0.29) is 24.3 Å². The van der Waals surface area contributed by atoms with Crippen molar-refractivity contribution in [1.29, 1.82) is 0 Å². The minimum atomic E-state index is -0.129. The molecule has 7 heteroatoms. The van der Waals surface area contributed by atoms with Gasteiger partial charge in [-0.25, -0.2) is 4.98 Å². The highest BCUT2D eigenvalue weighted by molar-refractivity contribution is 5.92. The zero-order valence-electron chi connectivity index (χ0n) is 19.3. The fourth-order valence-electron chi connectivity index (χ4n) is 3.83. The molecule has 176 valence electrons. The van der Waals surface area contributed by atoms with Crippen LogP contribution < -0.4 is 14.8 Å². The third-order valence-electron chi connectivity index (χ3n) is 5.82. The average Bonchev–Trinajstić information content (AvgIpc) is 2.87. The Balaban J connectivity index is 1.18. The van der Waals surface area contributed by atoms with Gasteiger partial charge in [-0.2, -0.15) is 0 Å². The standard InChI is InChI=1S/C27H29N3O4/c1-20-11-14-28-25(17-20)29-27(32)22-12-15-30(16-13-22)26(31)19-34-24-9-7-23(8-10-24)33-18-21-5-3-2-4-6-21/h2-11,14,17,22H,12-13,15-16,18-19H2,1H3,(H,28,29,32). The van der Waals surface area contributed by atoms with Crippen molar-refractivity contribution in [2.45, 2.75) is 26.4 Å². The Morgan fingerprint density at radius 1 is 0.971 bits per heavy atom. The summed E-state index contributed by atoms with van der Waals surface area (Å²) in [6.45, 7) is 3.49. The number of aryl methyl sites for hydroxylation is 1. The number of hydrogen-bond donors (Lipinski definition) is 1. The summed E-state index contributed by atoms with van der Waals surface area (Å²) in [5, 5.41) is 2.88. The number of likely N-dealkylation sites (tertiary alicyclic amines) is 1. The van der Waals surface area contributed by atoms with Gasteiger partial charge < -0.3 is 19.7 Å². The van der Waals surface area contributed by atoms with E-state index in [1.54, 1.807) is 23.2 Å². The first-order valence-electron chi connectivity index (χ1n) is 11.5. The van der Waals surface area contributed by atoms with E-state index in [4.69, 9.17) is 9.47 Å². The fraction of sp³-hybridized carbons (Fsp3) is 0.296. The lowest BCUT2D eigenvalue weighted by molar-refractivity contribution is -0.136. The lowest BCUT2D eigenvalue weighted by Crippen LogP contribution is -2.43. The molecule has 1 saturated heterocycles. The molecule has 0 bridgehead atoms. The summed E-state index contributed by atoms with van der Waals surface area (Å²) in [5.41, 5.74) is 2.14. The molecular formula is C27H29N3O4. The monoisotopic (exact) mass is 459 g/mol. The van der Waals surface area contributed by atoms with Gasteiger partial charge in [-0.1, -0.05) is 30.3 Å². The number of pyridine rings is 1. The van der Waals surface area contributed by atoms with Gasteiger partial charge >= 0.3 is 0 Å². The maximum absolute atomic E-state index is 12.6. The van der Waals surface area contributed by atoms with Gasteiger partial charge in [0, 0.05) is 25.2 Å². The molecule has 7 nitrogen and oxygen atoms in total. The van der Waals surface area contributed by atoms with Crippen LogP contribution in [-0.2, 0) is 16.2 Å². The molecule has 1 aliphatic heterocycles. The van der Waals surface area contributed by atoms with Crippen molar-refractivity contribution < 1.29 is 19.1 Å². The van der Waals surface area contributed by atoms with Gasteiger partial charge in [0.1, 0.15) is 23.9 Å². The topological polar surface area (TPSA) is 80.8 Å². The summed E-state index contributed by atoms with van der Waals surface area (Å²) >= 11 is 0. The number of carbonyl (C=O) groups excluding carboxylic acids is 2. The molecule has 34 heavy (non-hydrogen) atoms. The van der Waals surface area contributed by atoms with E-state index in [9.17, 15) is 9.59 Å². The Labute approximate surface area is 199 Å². The number of hydrogen-bond acceptors (Lipinski definition) is 5. The highest BCUT2D eigenvalue weighted by atomic mass is 16.5. The van der Waals surface area contributed by atoms with Gasteiger partial charge in [0.05, 0.1) is 0 Å². The fourth-order valence-corrected chi connectivity index (χ4v) is 3.83. The first-order valence-corrected chi connectivity index (χ1v) is 11.5. The largest absolute Gasteiger partial charge is 0.489 e. The molecule has 0 radical (unpaired) electrons. The van der Waals surface area contributed by atoms with Gasteiger partial charge in [-0.05, 0) is 67.3 Å². The minimum Gasteiger partial charge on any atom is -0.489 e. The molecule has 0 saturated carbocycles. The Hall–Kier alpha value is -3.87. The summed E-state index contributed by atoms with van der Waals surface area (Å²) in [7, 11) is 0. The predicted molar refractivity (Wildman–Crippen MR) is 130 cm³/mol. The summed E-state index contributed by atoms with van der Waals surface area (Å²) in [6.07, 6.45) is 2.92. The molecule has 0 atom stereocenters. The van der Waals surface area contributed by atoms with Gasteiger partial charge in [0.15, 0.2) is 6.61 Å². The van der Waals surface area contributed by atoms with Crippen LogP contribution in [0.5, 0.6) is 11.5 Å². The van der Waals surface area contributed by atoms with Crippen molar-refractivity contribution in [3.8, 4) is 11.5 Å². The number of piperidine rings is 1. The van der Waals surface area contributed by atoms with E-state index in [2.05, 4.69) is 10.3 Å². The molecule has 1 N–H and O–H groups in total. The number of ether oxygens (including phenoxy) is 2. The number of benzene rings is 2. The molecular weight excluding hydrogens is 430 g/mol. The normalized spacial score (nSPS) is 13.9. The van der Waals surface area contributed by atoms with Crippen molar-refractivity contribution in [2.24, 2.45) is 5.92 Å². The first-order chi connectivity index (χ1) is 16.6. The molecule has 3 aromatic rings. The van der Waals surface area contributed by atoms with Crippen molar-refractivity contribution in [3.63, 3.8) is 0 Å². The third kappa shape index (κ3) is 6.57. The van der Waals surface area contributed by atoms with Gasteiger partial charge in [-0.15, -0.1) is 0 Å². The molecule has 1 aliphatic rings. The van der Waals surface area contributed by atoms with Crippen LogP contribution in [0.3, 0.4) is 0 Å². The minimum absolute atomic E-state index is 0.0334. The maximum Gasteiger partial charge on any atom is 0.260 e. The van der Waals surface area contributed by atoms with Gasteiger partial charge in [0.2, 0.25) is 5.91 Å². The third-order valence-corrected chi connectivity index (χ3v) is 5.82. The number of anilines is 1. The number of amides is 2. The second-order valence-corrected chi connectivity index (χ2v) is 8.40. The van der Waals surface area contributed by atoms with E-state index < -0.39 is 0 Å². The summed E-state index contributed by atoms with van der Waals surface area (Å²) in [4.78, 5) is 31.0. The zero-order valence-corrected chi connectivity index (χ0v) is 19.3. The van der Waals surface area contributed by atoms with Crippen molar-refractivity contribution in [2.75, 3.05) is 25.0 Å². The maximum atomic E-state index is 12.6. The Kier molecular flexibility index (Phi) is 7.75. The SMILES string of the molecule is Cc1ccnc(NC(=O)C2CCN(C(=O)COc3ccc(OCc4ccccc4)cc3)CC2)c1. The first kappa shape index (κ1) is 23.3. The quantitative estimate of drug-likeness (QED) is 0.545. The highest BCUT2D eigenvalue weighted by Crippen LogP contribution is 2.21. The number of carbonyl (C=O) groups is 2. The summed E-state index contributed by atoms with van der Waals surface area (Å²) in [6, 6.07) is 20.9. The Morgan fingerprint density at radius 3 is 2.32 bits per heavy atom. The molecule has 2 heterocycles. The number of aromatic nitrogens is 1. The molecule has 2 aromatic carbocycles. The van der Waals surface area contributed by atoms with Crippen LogP contribution >= 0.6 is 0 Å². The second-order valence-electron chi connectivity index (χ2n) is 8.40. The van der Waals surface area contributed by atoms with Crippen LogP contribution in [0, 0.1) is 12.8 Å². The lowest BCUT2D eigenvalue weighted by Gasteiger charge is -2.31. The van der Waals surface area contributed by atoms with Gasteiger partial charge in [0.25, 0.3) is 5.91 Å². The van der Waals surface area contributed by atoms with Crippen molar-refractivity contribution in [1.82, 2.24) is 9.88 Å². The van der Waals surface area contributed by atoms with E-state index in [0.717, 1.165) is 16.9 Å². The average molecular weight is 460 g/mol. The van der Waals surface area contributed by atoms with Crippen molar-refractivity contribution >= 4 is 17.6 Å². The smallest absolute Gasteiger partial charge is 0.260 e. The zero-order chi connectivity index (χ0) is 23.8. The number of nitrogens with zero attached hydrogens (tertiary/aromatic N) is 2. The molecule has 2 amide bonds. The molecule has 1 aromatic heterocycles. The number of nitrogens with one attached hydrogen (secondary N) is 1. The highest BCUT2D eigenvalue weighted by Gasteiger charge is 2.27. The van der Waals surface area contributed by atoms with Crippen LogP contribution in [0.1, 0.15) is 24.0 Å². The lowest BCUT2D eigenvalue weighted by atomic mass is 9.96. The van der Waals surface area contributed by atoms with E-state index in [1.807, 2.05) is 61.5 Å². The van der Waals surface area contributed by atoms with E-state index >= 15 is 0 Å². The van der Waals surface area contributed by atoms with Crippen LogP contribution in [-0.4, -0.2) is 41.4 Å². The van der Waals surface area contributed by atoms with Crippen LogP contribution in [0.15, 0.2) is 72.9 Å². The molecule has 0 spiro atoms. The predicted octanol–water partition coefficient (Wildman–Crippen LogP) is 4.23. The van der Waals surface area contributed by atoms with E-state index in [0.29, 0.717) is 44.1 Å². The second kappa shape index (κ2) is 11.3. The van der Waals surface area contributed by atoms with Gasteiger partial charge in [-0.3, -0.25) is 9.59 Å². The van der Waals surface area contributed by atoms with Crippen LogP contribution in [0.2, 0.25) is 0 Å². The summed E-state index contributed by atoms with van der Waals surface area (Å²) < 4.78 is 11.4.